The SMILES string of the molecule is CN(C)CC1CN(CC2CCCO2)C(C)(C)CN1. The molecule has 2 unspecified atom stereocenters. The fraction of sp³-hybridized carbons (Fsp3) is 1.00. The molecule has 2 aliphatic heterocycles. The molecule has 2 aliphatic rings. The molecule has 2 atom stereocenters. The number of nitrogens with one attached hydrogen (secondary N) is 1. The van der Waals surface area contributed by atoms with E-state index < -0.39 is 0 Å². The first-order valence-corrected chi connectivity index (χ1v) is 7.22. The minimum absolute atomic E-state index is 0.245. The lowest BCUT2D eigenvalue weighted by Gasteiger charge is -2.47. The van der Waals surface area contributed by atoms with Crippen molar-refractivity contribution in [1.82, 2.24) is 15.1 Å². The number of likely N-dealkylation sites (N-methyl/N-ethyl adjacent to an activating group) is 1. The standard InChI is InChI=1S/C14H29N3O/c1-14(2)11-15-12(8-16(3)4)9-17(14)10-13-6-5-7-18-13/h12-13,15H,5-11H2,1-4H3. The van der Waals surface area contributed by atoms with Gasteiger partial charge in [0.15, 0.2) is 0 Å². The molecule has 0 aliphatic carbocycles. The number of ether oxygens (including phenoxy) is 1. The molecule has 2 saturated heterocycles. The fourth-order valence-corrected chi connectivity index (χ4v) is 3.00. The molecule has 2 rings (SSSR count). The minimum Gasteiger partial charge on any atom is -0.377 e. The van der Waals surface area contributed by atoms with Crippen LogP contribution >= 0.6 is 0 Å². The third kappa shape index (κ3) is 3.67. The average molecular weight is 255 g/mol. The fourth-order valence-electron chi connectivity index (χ4n) is 3.00. The topological polar surface area (TPSA) is 27.7 Å². The van der Waals surface area contributed by atoms with Gasteiger partial charge in [-0.3, -0.25) is 4.90 Å². The zero-order valence-electron chi connectivity index (χ0n) is 12.4. The molecular formula is C14H29N3O. The molecule has 0 bridgehead atoms. The zero-order chi connectivity index (χ0) is 13.2. The van der Waals surface area contributed by atoms with Gasteiger partial charge in [-0.25, -0.2) is 0 Å². The number of nitrogens with zero attached hydrogens (tertiary/aromatic N) is 2. The first kappa shape index (κ1) is 14.3. The Labute approximate surface area is 112 Å². The summed E-state index contributed by atoms with van der Waals surface area (Å²) in [4.78, 5) is 4.88. The molecule has 18 heavy (non-hydrogen) atoms. The molecule has 0 aromatic rings. The first-order valence-electron chi connectivity index (χ1n) is 7.22. The maximum Gasteiger partial charge on any atom is 0.0703 e. The summed E-state index contributed by atoms with van der Waals surface area (Å²) >= 11 is 0. The summed E-state index contributed by atoms with van der Waals surface area (Å²) in [6, 6.07) is 0.578. The molecule has 0 amide bonds. The number of rotatable bonds is 4. The van der Waals surface area contributed by atoms with Crippen molar-refractivity contribution in [1.29, 1.82) is 0 Å². The molecule has 0 spiro atoms. The summed E-state index contributed by atoms with van der Waals surface area (Å²) in [6.45, 7) is 10.0. The molecule has 106 valence electrons. The molecule has 0 saturated carbocycles. The Hall–Kier alpha value is -0.160. The van der Waals surface area contributed by atoms with E-state index in [2.05, 4.69) is 43.1 Å². The van der Waals surface area contributed by atoms with E-state index in [1.165, 1.54) is 12.8 Å². The Balaban J connectivity index is 1.90. The zero-order valence-corrected chi connectivity index (χ0v) is 12.4. The molecule has 0 aromatic heterocycles. The molecule has 2 fully saturated rings. The van der Waals surface area contributed by atoms with E-state index in [4.69, 9.17) is 4.74 Å². The van der Waals surface area contributed by atoms with Crippen molar-refractivity contribution < 1.29 is 4.74 Å². The van der Waals surface area contributed by atoms with Crippen molar-refractivity contribution in [3.05, 3.63) is 0 Å². The summed E-state index contributed by atoms with van der Waals surface area (Å²) in [6.07, 6.45) is 2.93. The van der Waals surface area contributed by atoms with Crippen LogP contribution in [0.3, 0.4) is 0 Å². The van der Waals surface area contributed by atoms with Crippen LogP contribution in [0.2, 0.25) is 0 Å². The van der Waals surface area contributed by atoms with Gasteiger partial charge in [-0.1, -0.05) is 0 Å². The van der Waals surface area contributed by atoms with Crippen LogP contribution in [-0.2, 0) is 4.74 Å². The third-order valence-electron chi connectivity index (χ3n) is 4.15. The van der Waals surface area contributed by atoms with E-state index in [1.807, 2.05) is 0 Å². The predicted octanol–water partition coefficient (Wildman–Crippen LogP) is 0.779. The van der Waals surface area contributed by atoms with Gasteiger partial charge in [-0.15, -0.1) is 0 Å². The lowest BCUT2D eigenvalue weighted by Crippen LogP contribution is -2.64. The normalized spacial score (nSPS) is 33.2. The summed E-state index contributed by atoms with van der Waals surface area (Å²) in [5.74, 6) is 0. The van der Waals surface area contributed by atoms with Crippen LogP contribution in [0.1, 0.15) is 26.7 Å². The molecule has 0 radical (unpaired) electrons. The lowest BCUT2D eigenvalue weighted by molar-refractivity contribution is 0.00509. The van der Waals surface area contributed by atoms with Gasteiger partial charge in [-0.05, 0) is 40.8 Å². The van der Waals surface area contributed by atoms with E-state index in [0.717, 1.165) is 32.8 Å². The highest BCUT2D eigenvalue weighted by molar-refractivity contribution is 4.94. The predicted molar refractivity (Wildman–Crippen MR) is 75.0 cm³/mol. The first-order chi connectivity index (χ1) is 8.47. The Morgan fingerprint density at radius 1 is 1.39 bits per heavy atom. The molecule has 4 heteroatoms. The summed E-state index contributed by atoms with van der Waals surface area (Å²) in [5, 5.41) is 3.67. The maximum absolute atomic E-state index is 5.79. The quantitative estimate of drug-likeness (QED) is 0.803. The van der Waals surface area contributed by atoms with Crippen molar-refractivity contribution in [2.24, 2.45) is 0 Å². The van der Waals surface area contributed by atoms with E-state index in [-0.39, 0.29) is 5.54 Å². The summed E-state index contributed by atoms with van der Waals surface area (Å²) < 4.78 is 5.79. The van der Waals surface area contributed by atoms with Crippen LogP contribution in [0.15, 0.2) is 0 Å². The molecular weight excluding hydrogens is 226 g/mol. The second-order valence-corrected chi connectivity index (χ2v) is 6.69. The van der Waals surface area contributed by atoms with E-state index >= 15 is 0 Å². The molecule has 1 N–H and O–H groups in total. The lowest BCUT2D eigenvalue weighted by atomic mass is 9.96. The van der Waals surface area contributed by atoms with Crippen molar-refractivity contribution in [3.63, 3.8) is 0 Å². The second-order valence-electron chi connectivity index (χ2n) is 6.69. The second kappa shape index (κ2) is 5.87. The monoisotopic (exact) mass is 255 g/mol. The number of hydrogen-bond acceptors (Lipinski definition) is 4. The highest BCUT2D eigenvalue weighted by Gasteiger charge is 2.35. The third-order valence-corrected chi connectivity index (χ3v) is 4.15. The molecule has 0 aromatic carbocycles. The Morgan fingerprint density at radius 3 is 2.78 bits per heavy atom. The van der Waals surface area contributed by atoms with Crippen LogP contribution in [0.25, 0.3) is 0 Å². The van der Waals surface area contributed by atoms with Crippen LogP contribution in [0.4, 0.5) is 0 Å². The van der Waals surface area contributed by atoms with Gasteiger partial charge in [0.05, 0.1) is 6.10 Å². The molecule has 4 nitrogen and oxygen atoms in total. The number of piperazine rings is 1. The average Bonchev–Trinajstić information content (AvgIpc) is 2.75. The van der Waals surface area contributed by atoms with E-state index in [1.54, 1.807) is 0 Å². The van der Waals surface area contributed by atoms with E-state index in [0.29, 0.717) is 12.1 Å². The Morgan fingerprint density at radius 2 is 2.17 bits per heavy atom. The van der Waals surface area contributed by atoms with Crippen LogP contribution < -0.4 is 5.32 Å². The van der Waals surface area contributed by atoms with Gasteiger partial charge in [0.2, 0.25) is 0 Å². The highest BCUT2D eigenvalue weighted by atomic mass is 16.5. The van der Waals surface area contributed by atoms with Gasteiger partial charge in [0.25, 0.3) is 0 Å². The molecule has 2 heterocycles. The smallest absolute Gasteiger partial charge is 0.0703 e. The van der Waals surface area contributed by atoms with Gasteiger partial charge in [-0.2, -0.15) is 0 Å². The van der Waals surface area contributed by atoms with Crippen LogP contribution in [0.5, 0.6) is 0 Å². The van der Waals surface area contributed by atoms with Crippen molar-refractivity contribution in [2.45, 2.75) is 44.4 Å². The van der Waals surface area contributed by atoms with Gasteiger partial charge >= 0.3 is 0 Å². The van der Waals surface area contributed by atoms with Crippen molar-refractivity contribution in [2.75, 3.05) is 46.9 Å². The Kier molecular flexibility index (Phi) is 4.64. The summed E-state index contributed by atoms with van der Waals surface area (Å²) in [5.41, 5.74) is 0.245. The van der Waals surface area contributed by atoms with Gasteiger partial charge in [0, 0.05) is 44.4 Å². The minimum atomic E-state index is 0.245. The van der Waals surface area contributed by atoms with Gasteiger partial charge in [0.1, 0.15) is 0 Å². The van der Waals surface area contributed by atoms with Crippen molar-refractivity contribution in [3.8, 4) is 0 Å². The van der Waals surface area contributed by atoms with Crippen molar-refractivity contribution >= 4 is 0 Å². The van der Waals surface area contributed by atoms with Gasteiger partial charge < -0.3 is 15.0 Å². The summed E-state index contributed by atoms with van der Waals surface area (Å²) in [7, 11) is 4.29. The maximum atomic E-state index is 5.79. The van der Waals surface area contributed by atoms with E-state index in [9.17, 15) is 0 Å². The highest BCUT2D eigenvalue weighted by Crippen LogP contribution is 2.22. The number of hydrogen-bond donors (Lipinski definition) is 1. The Bertz CT molecular complexity index is 262. The largest absolute Gasteiger partial charge is 0.377 e. The van der Waals surface area contributed by atoms with Crippen LogP contribution in [0, 0.1) is 0 Å². The van der Waals surface area contributed by atoms with Crippen LogP contribution in [-0.4, -0.2) is 74.4 Å².